The summed E-state index contributed by atoms with van der Waals surface area (Å²) in [5.74, 6) is 1.03. The molecule has 3 aromatic carbocycles. The zero-order chi connectivity index (χ0) is 20.5. The topological polar surface area (TPSA) is 67.7 Å². The van der Waals surface area contributed by atoms with Crippen LogP contribution in [0.2, 0.25) is 0 Å². The van der Waals surface area contributed by atoms with Gasteiger partial charge in [0.1, 0.15) is 17.1 Å². The third-order valence-corrected chi connectivity index (χ3v) is 5.29. The van der Waals surface area contributed by atoms with Crippen LogP contribution in [0.1, 0.15) is 16.3 Å². The maximum atomic E-state index is 12.4. The van der Waals surface area contributed by atoms with Crippen molar-refractivity contribution in [3.05, 3.63) is 94.9 Å². The lowest BCUT2D eigenvalue weighted by Gasteiger charge is -1.96. The Bertz CT molecular complexity index is 1400. The Morgan fingerprint density at radius 3 is 2.60 bits per heavy atom. The standard InChI is InChI=1S/C24H15BrN2O3/c25-17-8-5-16(6-9-17)21-12-10-18(29-21)14-26-27-24(28)23-13-20-19-4-2-1-3-15(19)7-11-22(20)30-23/h1-14H,(H,27,28)/b26-14+. The molecule has 0 radical (unpaired) electrons. The van der Waals surface area contributed by atoms with Crippen molar-refractivity contribution in [3.8, 4) is 11.3 Å². The van der Waals surface area contributed by atoms with E-state index in [1.807, 2.05) is 66.7 Å². The van der Waals surface area contributed by atoms with Gasteiger partial charge in [-0.1, -0.05) is 58.4 Å². The fourth-order valence-electron chi connectivity index (χ4n) is 3.31. The van der Waals surface area contributed by atoms with Crippen LogP contribution in [-0.4, -0.2) is 12.1 Å². The lowest BCUT2D eigenvalue weighted by atomic mass is 10.1. The van der Waals surface area contributed by atoms with Crippen LogP contribution in [0, 0.1) is 0 Å². The predicted molar refractivity (Wildman–Crippen MR) is 121 cm³/mol. The van der Waals surface area contributed by atoms with Crippen LogP contribution in [0.15, 0.2) is 97.3 Å². The van der Waals surface area contributed by atoms with Crippen LogP contribution in [0.3, 0.4) is 0 Å². The van der Waals surface area contributed by atoms with Gasteiger partial charge in [0, 0.05) is 15.4 Å². The summed E-state index contributed by atoms with van der Waals surface area (Å²) < 4.78 is 12.5. The largest absolute Gasteiger partial charge is 0.455 e. The minimum absolute atomic E-state index is 0.202. The van der Waals surface area contributed by atoms with Gasteiger partial charge in [-0.05, 0) is 47.2 Å². The first kappa shape index (κ1) is 18.4. The first-order chi connectivity index (χ1) is 14.7. The second-order valence-electron chi connectivity index (χ2n) is 6.72. The third-order valence-electron chi connectivity index (χ3n) is 4.76. The molecule has 1 amide bonds. The Labute approximate surface area is 180 Å². The highest BCUT2D eigenvalue weighted by Crippen LogP contribution is 2.28. The van der Waals surface area contributed by atoms with E-state index in [1.165, 1.54) is 6.21 Å². The summed E-state index contributed by atoms with van der Waals surface area (Å²) in [5, 5.41) is 7.01. The van der Waals surface area contributed by atoms with Crippen LogP contribution >= 0.6 is 15.9 Å². The van der Waals surface area contributed by atoms with E-state index in [-0.39, 0.29) is 5.76 Å². The zero-order valence-electron chi connectivity index (χ0n) is 15.6. The van der Waals surface area contributed by atoms with Crippen molar-refractivity contribution < 1.29 is 13.6 Å². The Hall–Kier alpha value is -3.64. The monoisotopic (exact) mass is 458 g/mol. The van der Waals surface area contributed by atoms with Crippen LogP contribution in [0.4, 0.5) is 0 Å². The van der Waals surface area contributed by atoms with Crippen LogP contribution < -0.4 is 5.43 Å². The molecule has 0 bridgehead atoms. The maximum absolute atomic E-state index is 12.4. The van der Waals surface area contributed by atoms with Crippen molar-refractivity contribution in [1.82, 2.24) is 5.43 Å². The van der Waals surface area contributed by atoms with Crippen molar-refractivity contribution in [2.24, 2.45) is 5.10 Å². The molecular formula is C24H15BrN2O3. The highest BCUT2D eigenvalue weighted by Gasteiger charge is 2.13. The van der Waals surface area contributed by atoms with Crippen LogP contribution in [0.5, 0.6) is 0 Å². The van der Waals surface area contributed by atoms with E-state index in [9.17, 15) is 4.79 Å². The number of hydrogen-bond acceptors (Lipinski definition) is 4. The summed E-state index contributed by atoms with van der Waals surface area (Å²) in [4.78, 5) is 12.4. The zero-order valence-corrected chi connectivity index (χ0v) is 17.2. The quantitative estimate of drug-likeness (QED) is 0.251. The van der Waals surface area contributed by atoms with E-state index >= 15 is 0 Å². The van der Waals surface area contributed by atoms with E-state index in [0.717, 1.165) is 32.0 Å². The van der Waals surface area contributed by atoms with Crippen molar-refractivity contribution in [3.63, 3.8) is 0 Å². The first-order valence-corrected chi connectivity index (χ1v) is 10.1. The minimum Gasteiger partial charge on any atom is -0.455 e. The second-order valence-corrected chi connectivity index (χ2v) is 7.63. The number of rotatable bonds is 4. The number of benzene rings is 3. The van der Waals surface area contributed by atoms with Gasteiger partial charge in [0.2, 0.25) is 0 Å². The fraction of sp³-hybridized carbons (Fsp3) is 0. The Balaban J connectivity index is 1.32. The molecule has 5 nitrogen and oxygen atoms in total. The van der Waals surface area contributed by atoms with Gasteiger partial charge in [0.15, 0.2) is 5.76 Å². The highest BCUT2D eigenvalue weighted by molar-refractivity contribution is 9.10. The van der Waals surface area contributed by atoms with Gasteiger partial charge in [0.05, 0.1) is 6.21 Å². The van der Waals surface area contributed by atoms with E-state index in [0.29, 0.717) is 11.3 Å². The molecule has 0 spiro atoms. The summed E-state index contributed by atoms with van der Waals surface area (Å²) >= 11 is 3.41. The van der Waals surface area contributed by atoms with Crippen LogP contribution in [0.25, 0.3) is 33.1 Å². The number of amides is 1. The molecule has 5 aromatic rings. The maximum Gasteiger partial charge on any atom is 0.307 e. The molecule has 0 aliphatic rings. The van der Waals surface area contributed by atoms with E-state index in [4.69, 9.17) is 8.83 Å². The molecule has 1 N–H and O–H groups in total. The molecule has 0 saturated heterocycles. The fourth-order valence-corrected chi connectivity index (χ4v) is 3.57. The average Bonchev–Trinajstić information content (AvgIpc) is 3.41. The number of fused-ring (bicyclic) bond motifs is 3. The average molecular weight is 459 g/mol. The lowest BCUT2D eigenvalue weighted by molar-refractivity contribution is 0.0929. The number of furan rings is 2. The minimum atomic E-state index is -0.425. The lowest BCUT2D eigenvalue weighted by Crippen LogP contribution is -2.16. The molecule has 5 rings (SSSR count). The number of hydrazone groups is 1. The summed E-state index contributed by atoms with van der Waals surface area (Å²) in [5.41, 5.74) is 4.10. The van der Waals surface area contributed by atoms with E-state index in [2.05, 4.69) is 26.5 Å². The summed E-state index contributed by atoms with van der Waals surface area (Å²) in [6, 6.07) is 25.0. The summed E-state index contributed by atoms with van der Waals surface area (Å²) in [6.07, 6.45) is 1.46. The van der Waals surface area contributed by atoms with E-state index in [1.54, 1.807) is 12.1 Å². The van der Waals surface area contributed by atoms with Gasteiger partial charge >= 0.3 is 5.91 Å². The van der Waals surface area contributed by atoms with Crippen LogP contribution in [-0.2, 0) is 0 Å². The molecule has 30 heavy (non-hydrogen) atoms. The molecule has 0 saturated carbocycles. The van der Waals surface area contributed by atoms with Gasteiger partial charge in [-0.15, -0.1) is 0 Å². The van der Waals surface area contributed by atoms with Gasteiger partial charge in [-0.2, -0.15) is 5.10 Å². The van der Waals surface area contributed by atoms with Gasteiger partial charge < -0.3 is 8.83 Å². The molecule has 0 atom stereocenters. The Kier molecular flexibility index (Phi) is 4.69. The molecule has 2 aromatic heterocycles. The summed E-state index contributed by atoms with van der Waals surface area (Å²) in [7, 11) is 0. The van der Waals surface area contributed by atoms with Gasteiger partial charge in [-0.25, -0.2) is 5.43 Å². The molecule has 2 heterocycles. The number of nitrogens with one attached hydrogen (secondary N) is 1. The normalized spacial score (nSPS) is 11.5. The number of hydrogen-bond donors (Lipinski definition) is 1. The highest BCUT2D eigenvalue weighted by atomic mass is 79.9. The molecule has 0 aliphatic carbocycles. The molecule has 6 heteroatoms. The first-order valence-electron chi connectivity index (χ1n) is 9.28. The van der Waals surface area contributed by atoms with E-state index < -0.39 is 5.91 Å². The molecule has 0 fully saturated rings. The number of carbonyl (C=O) groups is 1. The van der Waals surface area contributed by atoms with Crippen molar-refractivity contribution >= 4 is 49.8 Å². The third kappa shape index (κ3) is 3.53. The van der Waals surface area contributed by atoms with Crippen molar-refractivity contribution in [2.75, 3.05) is 0 Å². The van der Waals surface area contributed by atoms with Crippen molar-refractivity contribution in [2.45, 2.75) is 0 Å². The van der Waals surface area contributed by atoms with Gasteiger partial charge in [0.25, 0.3) is 0 Å². The number of nitrogens with zero attached hydrogens (tertiary/aromatic N) is 1. The molecular weight excluding hydrogens is 444 g/mol. The molecule has 146 valence electrons. The summed E-state index contributed by atoms with van der Waals surface area (Å²) in [6.45, 7) is 0. The Morgan fingerprint density at radius 2 is 1.73 bits per heavy atom. The molecule has 0 aliphatic heterocycles. The number of halogens is 1. The second kappa shape index (κ2) is 7.65. The SMILES string of the molecule is O=C(N/N=C/c1ccc(-c2ccc(Br)cc2)o1)c1cc2c(ccc3ccccc32)o1. The van der Waals surface area contributed by atoms with Crippen molar-refractivity contribution in [1.29, 1.82) is 0 Å². The predicted octanol–water partition coefficient (Wildman–Crippen LogP) is 6.37. The molecule has 0 unspecified atom stereocenters. The van der Waals surface area contributed by atoms with Gasteiger partial charge in [-0.3, -0.25) is 4.79 Å². The Morgan fingerprint density at radius 1 is 0.900 bits per heavy atom. The number of carbonyl (C=O) groups excluding carboxylic acids is 1. The smallest absolute Gasteiger partial charge is 0.307 e.